The van der Waals surface area contributed by atoms with E-state index in [0.717, 1.165) is 6.42 Å². The SMILES string of the molecule is CCCCc1ccc([C@@H]([NH2+][C@H](C)C(=O)NC)c2cccs2)cc1. The average molecular weight is 332 g/mol. The number of unbranched alkanes of at least 4 members (excludes halogenated alkanes) is 1. The molecule has 0 spiro atoms. The van der Waals surface area contributed by atoms with Crippen LogP contribution in [0.25, 0.3) is 0 Å². The minimum Gasteiger partial charge on any atom is -0.354 e. The highest BCUT2D eigenvalue weighted by Crippen LogP contribution is 2.23. The fraction of sp³-hybridized carbons (Fsp3) is 0.421. The van der Waals surface area contributed by atoms with E-state index in [4.69, 9.17) is 0 Å². The third kappa shape index (κ3) is 4.91. The van der Waals surface area contributed by atoms with Crippen LogP contribution in [0.2, 0.25) is 0 Å². The van der Waals surface area contributed by atoms with Crippen molar-refractivity contribution in [1.82, 2.24) is 5.32 Å². The van der Waals surface area contributed by atoms with Gasteiger partial charge in [-0.2, -0.15) is 0 Å². The fourth-order valence-corrected chi connectivity index (χ4v) is 3.55. The zero-order chi connectivity index (χ0) is 16.7. The van der Waals surface area contributed by atoms with Crippen LogP contribution in [0.3, 0.4) is 0 Å². The van der Waals surface area contributed by atoms with E-state index in [-0.39, 0.29) is 18.0 Å². The van der Waals surface area contributed by atoms with Gasteiger partial charge in [-0.25, -0.2) is 0 Å². The highest BCUT2D eigenvalue weighted by molar-refractivity contribution is 7.10. The van der Waals surface area contributed by atoms with E-state index >= 15 is 0 Å². The monoisotopic (exact) mass is 331 g/mol. The van der Waals surface area contributed by atoms with Gasteiger partial charge >= 0.3 is 0 Å². The van der Waals surface area contributed by atoms with Gasteiger partial charge in [0.25, 0.3) is 5.91 Å². The molecule has 1 heterocycles. The molecule has 2 aromatic rings. The van der Waals surface area contributed by atoms with Gasteiger partial charge in [0.1, 0.15) is 6.04 Å². The molecule has 3 nitrogen and oxygen atoms in total. The van der Waals surface area contributed by atoms with Gasteiger partial charge in [0.15, 0.2) is 6.04 Å². The molecular weight excluding hydrogens is 304 g/mol. The number of thiophene rings is 1. The molecule has 0 saturated carbocycles. The molecule has 0 saturated heterocycles. The maximum absolute atomic E-state index is 11.9. The fourth-order valence-electron chi connectivity index (χ4n) is 2.71. The maximum atomic E-state index is 11.9. The first kappa shape index (κ1) is 17.7. The standard InChI is InChI=1S/C19H26N2OS/c1-4-5-7-15-9-11-16(12-10-15)18(17-8-6-13-23-17)21-14(2)19(22)20-3/h6,8-14,18,21H,4-5,7H2,1-3H3,(H,20,22)/p+1/t14-,18-/m1/s1. The topological polar surface area (TPSA) is 45.7 Å². The Morgan fingerprint density at radius 3 is 2.57 bits per heavy atom. The Morgan fingerprint density at radius 1 is 1.26 bits per heavy atom. The van der Waals surface area contributed by atoms with E-state index in [9.17, 15) is 4.79 Å². The lowest BCUT2D eigenvalue weighted by molar-refractivity contribution is -0.704. The van der Waals surface area contributed by atoms with E-state index in [1.165, 1.54) is 28.8 Å². The lowest BCUT2D eigenvalue weighted by Gasteiger charge is -2.19. The van der Waals surface area contributed by atoms with Gasteiger partial charge < -0.3 is 10.6 Å². The summed E-state index contributed by atoms with van der Waals surface area (Å²) in [6.45, 7) is 4.17. The van der Waals surface area contributed by atoms with Crippen LogP contribution in [0.5, 0.6) is 0 Å². The summed E-state index contributed by atoms with van der Waals surface area (Å²) in [5.74, 6) is 0.0612. The van der Waals surface area contributed by atoms with Crippen molar-refractivity contribution in [3.63, 3.8) is 0 Å². The van der Waals surface area contributed by atoms with Gasteiger partial charge in [-0.3, -0.25) is 4.79 Å². The lowest BCUT2D eigenvalue weighted by Crippen LogP contribution is -2.92. The maximum Gasteiger partial charge on any atom is 0.277 e. The first-order valence-corrected chi connectivity index (χ1v) is 9.22. The summed E-state index contributed by atoms with van der Waals surface area (Å²) in [6, 6.07) is 13.1. The molecule has 0 radical (unpaired) electrons. The first-order valence-electron chi connectivity index (χ1n) is 8.34. The normalized spacial score (nSPS) is 13.5. The number of amides is 1. The molecule has 0 aliphatic carbocycles. The van der Waals surface area contributed by atoms with Crippen molar-refractivity contribution >= 4 is 17.2 Å². The number of benzene rings is 1. The van der Waals surface area contributed by atoms with Crippen molar-refractivity contribution in [2.45, 2.75) is 45.2 Å². The Balaban J connectivity index is 2.18. The summed E-state index contributed by atoms with van der Waals surface area (Å²) in [7, 11) is 1.69. The second kappa shape index (κ2) is 8.85. The molecule has 1 aromatic carbocycles. The van der Waals surface area contributed by atoms with Gasteiger partial charge in [0, 0.05) is 12.6 Å². The molecule has 2 rings (SSSR count). The van der Waals surface area contributed by atoms with Gasteiger partial charge in [0.05, 0.1) is 4.88 Å². The third-order valence-corrected chi connectivity index (χ3v) is 5.10. The first-order chi connectivity index (χ1) is 11.2. The summed E-state index contributed by atoms with van der Waals surface area (Å²) >= 11 is 1.74. The molecule has 124 valence electrons. The summed E-state index contributed by atoms with van der Waals surface area (Å²) < 4.78 is 0. The Morgan fingerprint density at radius 2 is 2.00 bits per heavy atom. The summed E-state index contributed by atoms with van der Waals surface area (Å²) in [4.78, 5) is 13.2. The zero-order valence-electron chi connectivity index (χ0n) is 14.2. The van der Waals surface area contributed by atoms with Gasteiger partial charge in [-0.1, -0.05) is 43.7 Å². The van der Waals surface area contributed by atoms with Crippen LogP contribution in [0.1, 0.15) is 48.7 Å². The van der Waals surface area contributed by atoms with E-state index in [2.05, 4.69) is 59.3 Å². The van der Waals surface area contributed by atoms with Gasteiger partial charge in [0.2, 0.25) is 0 Å². The van der Waals surface area contributed by atoms with E-state index in [1.807, 2.05) is 6.92 Å². The molecule has 0 unspecified atom stereocenters. The molecule has 1 amide bonds. The number of carbonyl (C=O) groups excluding carboxylic acids is 1. The largest absolute Gasteiger partial charge is 0.354 e. The number of likely N-dealkylation sites (N-methyl/N-ethyl adjacent to an activating group) is 1. The Labute approximate surface area is 143 Å². The zero-order valence-corrected chi connectivity index (χ0v) is 15.0. The van der Waals surface area contributed by atoms with Crippen molar-refractivity contribution in [3.05, 3.63) is 57.8 Å². The van der Waals surface area contributed by atoms with Crippen LogP contribution in [-0.2, 0) is 11.2 Å². The number of hydrogen-bond donors (Lipinski definition) is 2. The predicted octanol–water partition coefficient (Wildman–Crippen LogP) is 2.88. The molecular formula is C19H27N2OS+. The molecule has 2 atom stereocenters. The summed E-state index contributed by atoms with van der Waals surface area (Å²) in [6.07, 6.45) is 3.59. The molecule has 1 aromatic heterocycles. The Bertz CT molecular complexity index is 592. The predicted molar refractivity (Wildman–Crippen MR) is 96.7 cm³/mol. The number of quaternary nitrogens is 1. The molecule has 4 heteroatoms. The minimum atomic E-state index is -0.119. The number of rotatable bonds is 8. The average Bonchev–Trinajstić information content (AvgIpc) is 3.11. The summed E-state index contributed by atoms with van der Waals surface area (Å²) in [5, 5.41) is 6.97. The highest BCUT2D eigenvalue weighted by atomic mass is 32.1. The molecule has 0 bridgehead atoms. The van der Waals surface area contributed by atoms with Crippen molar-refractivity contribution < 1.29 is 10.1 Å². The molecule has 0 aliphatic heterocycles. The number of nitrogens with two attached hydrogens (primary N) is 1. The van der Waals surface area contributed by atoms with Crippen LogP contribution in [0.4, 0.5) is 0 Å². The number of hydrogen-bond acceptors (Lipinski definition) is 2. The van der Waals surface area contributed by atoms with Crippen molar-refractivity contribution in [2.24, 2.45) is 0 Å². The van der Waals surface area contributed by atoms with Crippen molar-refractivity contribution in [2.75, 3.05) is 7.05 Å². The second-order valence-corrected chi connectivity index (χ2v) is 6.91. The Kier molecular flexibility index (Phi) is 6.81. The highest BCUT2D eigenvalue weighted by Gasteiger charge is 2.24. The van der Waals surface area contributed by atoms with E-state index < -0.39 is 0 Å². The van der Waals surface area contributed by atoms with Crippen molar-refractivity contribution in [1.29, 1.82) is 0 Å². The molecule has 3 N–H and O–H groups in total. The van der Waals surface area contributed by atoms with Crippen LogP contribution in [0, 0.1) is 0 Å². The van der Waals surface area contributed by atoms with Crippen LogP contribution in [0.15, 0.2) is 41.8 Å². The molecule has 0 aliphatic rings. The van der Waals surface area contributed by atoms with Crippen LogP contribution >= 0.6 is 11.3 Å². The van der Waals surface area contributed by atoms with E-state index in [0.29, 0.717) is 0 Å². The minimum absolute atomic E-state index is 0.0612. The third-order valence-electron chi connectivity index (χ3n) is 4.15. The smallest absolute Gasteiger partial charge is 0.277 e. The number of carbonyl (C=O) groups is 1. The quantitative estimate of drug-likeness (QED) is 0.767. The van der Waals surface area contributed by atoms with Crippen LogP contribution in [-0.4, -0.2) is 19.0 Å². The number of nitrogens with one attached hydrogen (secondary N) is 1. The van der Waals surface area contributed by atoms with Gasteiger partial charge in [-0.05, 0) is 36.8 Å². The lowest BCUT2D eigenvalue weighted by atomic mass is 10.0. The Hall–Kier alpha value is -1.65. The van der Waals surface area contributed by atoms with E-state index in [1.54, 1.807) is 18.4 Å². The second-order valence-electron chi connectivity index (χ2n) is 5.93. The molecule has 0 fully saturated rings. The summed E-state index contributed by atoms with van der Waals surface area (Å²) in [5.41, 5.74) is 2.64. The number of aryl methyl sites for hydroxylation is 1. The van der Waals surface area contributed by atoms with Crippen LogP contribution < -0.4 is 10.6 Å². The van der Waals surface area contributed by atoms with Gasteiger partial charge in [-0.15, -0.1) is 11.3 Å². The molecule has 23 heavy (non-hydrogen) atoms. The van der Waals surface area contributed by atoms with Crippen molar-refractivity contribution in [3.8, 4) is 0 Å².